The Hall–Kier alpha value is -1.77. The van der Waals surface area contributed by atoms with Crippen molar-refractivity contribution in [3.05, 3.63) is 34.9 Å². The molecule has 0 saturated heterocycles. The van der Waals surface area contributed by atoms with Crippen LogP contribution in [0.15, 0.2) is 18.2 Å². The van der Waals surface area contributed by atoms with Gasteiger partial charge in [-0.2, -0.15) is 26.3 Å². The molecule has 124 valence electrons. The van der Waals surface area contributed by atoms with Crippen LogP contribution in [-0.2, 0) is 21.9 Å². The summed E-state index contributed by atoms with van der Waals surface area (Å²) in [7, 11) is 0. The fourth-order valence-electron chi connectivity index (χ4n) is 1.81. The molecule has 0 amide bonds. The highest BCUT2D eigenvalue weighted by Gasteiger charge is 2.39. The Balaban J connectivity index is 3.21. The minimum Gasteiger partial charge on any atom is -0.466 e. The van der Waals surface area contributed by atoms with Crippen LogP contribution in [0.2, 0.25) is 0 Å². The van der Waals surface area contributed by atoms with E-state index in [9.17, 15) is 31.1 Å². The highest BCUT2D eigenvalue weighted by atomic mass is 19.4. The maximum atomic E-state index is 12.9. The first-order chi connectivity index (χ1) is 9.96. The van der Waals surface area contributed by atoms with Crippen molar-refractivity contribution >= 4 is 5.97 Å². The number of benzene rings is 1. The van der Waals surface area contributed by atoms with E-state index in [0.717, 1.165) is 0 Å². The van der Waals surface area contributed by atoms with E-state index in [-0.39, 0.29) is 12.7 Å². The number of hydrogen-bond donors (Lipinski definition) is 1. The van der Waals surface area contributed by atoms with E-state index in [1.165, 1.54) is 6.92 Å². The van der Waals surface area contributed by atoms with E-state index in [1.807, 2.05) is 0 Å². The fourth-order valence-corrected chi connectivity index (χ4v) is 1.81. The quantitative estimate of drug-likeness (QED) is 0.677. The van der Waals surface area contributed by atoms with Gasteiger partial charge in [-0.3, -0.25) is 4.79 Å². The van der Waals surface area contributed by atoms with Crippen molar-refractivity contribution in [2.24, 2.45) is 5.73 Å². The molecule has 0 aromatic heterocycles. The topological polar surface area (TPSA) is 52.3 Å². The Morgan fingerprint density at radius 1 is 1.18 bits per heavy atom. The number of halogens is 6. The predicted octanol–water partition coefficient (Wildman–Crippen LogP) is 3.68. The summed E-state index contributed by atoms with van der Waals surface area (Å²) in [6.45, 7) is 1.52. The summed E-state index contributed by atoms with van der Waals surface area (Å²) in [6.07, 6.45) is -10.5. The third-order valence-corrected chi connectivity index (χ3v) is 2.78. The van der Waals surface area contributed by atoms with Crippen LogP contribution in [-0.4, -0.2) is 12.6 Å². The Kier molecular flexibility index (Phi) is 5.44. The van der Waals surface area contributed by atoms with Gasteiger partial charge >= 0.3 is 18.3 Å². The lowest BCUT2D eigenvalue weighted by molar-refractivity contribution is -0.146. The first kappa shape index (κ1) is 18.3. The largest absolute Gasteiger partial charge is 0.466 e. The van der Waals surface area contributed by atoms with Gasteiger partial charge in [-0.25, -0.2) is 0 Å². The smallest absolute Gasteiger partial charge is 0.416 e. The van der Waals surface area contributed by atoms with Gasteiger partial charge in [0, 0.05) is 6.04 Å². The number of hydrogen-bond acceptors (Lipinski definition) is 3. The van der Waals surface area contributed by atoms with Crippen LogP contribution >= 0.6 is 0 Å². The zero-order valence-corrected chi connectivity index (χ0v) is 11.4. The van der Waals surface area contributed by atoms with Gasteiger partial charge in [-0.05, 0) is 24.6 Å². The first-order valence-electron chi connectivity index (χ1n) is 6.16. The van der Waals surface area contributed by atoms with Crippen molar-refractivity contribution in [3.63, 3.8) is 0 Å². The molecule has 0 fully saturated rings. The number of ether oxygens (including phenoxy) is 1. The number of esters is 1. The average Bonchev–Trinajstić information content (AvgIpc) is 2.36. The summed E-state index contributed by atoms with van der Waals surface area (Å²) >= 11 is 0. The standard InChI is InChI=1S/C13H13F6NO2/c1-2-22-11(21)6-10(20)8-4-3-7(12(14,15)16)5-9(8)13(17,18)19/h3-5,10H,2,6,20H2,1H3/t10-/m1/s1. The highest BCUT2D eigenvalue weighted by molar-refractivity contribution is 5.70. The summed E-state index contributed by atoms with van der Waals surface area (Å²) in [5.41, 5.74) is 1.96. The van der Waals surface area contributed by atoms with Crippen molar-refractivity contribution in [1.29, 1.82) is 0 Å². The molecule has 0 aliphatic rings. The molecule has 0 unspecified atom stereocenters. The van der Waals surface area contributed by atoms with Crippen LogP contribution in [0.5, 0.6) is 0 Å². The van der Waals surface area contributed by atoms with Gasteiger partial charge in [0.25, 0.3) is 0 Å². The van der Waals surface area contributed by atoms with Crippen LogP contribution in [0, 0.1) is 0 Å². The Bertz CT molecular complexity index is 538. The SMILES string of the molecule is CCOC(=O)C[C@@H](N)c1ccc(C(F)(F)F)cc1C(F)(F)F. The summed E-state index contributed by atoms with van der Waals surface area (Å²) in [6, 6.07) is -0.302. The van der Waals surface area contributed by atoms with Gasteiger partial charge in [-0.1, -0.05) is 6.07 Å². The lowest BCUT2D eigenvalue weighted by Crippen LogP contribution is -2.22. The molecular formula is C13H13F6NO2. The minimum absolute atomic E-state index is 0.0135. The second-order valence-corrected chi connectivity index (χ2v) is 4.41. The molecule has 22 heavy (non-hydrogen) atoms. The number of nitrogens with two attached hydrogens (primary N) is 1. The van der Waals surface area contributed by atoms with E-state index in [2.05, 4.69) is 4.74 Å². The molecule has 3 nitrogen and oxygen atoms in total. The normalized spacial score (nSPS) is 13.8. The van der Waals surface area contributed by atoms with E-state index in [0.29, 0.717) is 12.1 Å². The number of alkyl halides is 6. The maximum absolute atomic E-state index is 12.9. The molecule has 0 bridgehead atoms. The molecule has 0 heterocycles. The van der Waals surface area contributed by atoms with Crippen LogP contribution in [0.3, 0.4) is 0 Å². The second-order valence-electron chi connectivity index (χ2n) is 4.41. The summed E-state index contributed by atoms with van der Waals surface area (Å²) in [5, 5.41) is 0. The molecule has 0 saturated carbocycles. The Morgan fingerprint density at radius 3 is 2.23 bits per heavy atom. The van der Waals surface area contributed by atoms with Crippen LogP contribution in [0.1, 0.15) is 36.1 Å². The van der Waals surface area contributed by atoms with Gasteiger partial charge in [-0.15, -0.1) is 0 Å². The summed E-state index contributed by atoms with van der Waals surface area (Å²) in [5.74, 6) is -0.831. The Morgan fingerprint density at radius 2 is 1.77 bits per heavy atom. The van der Waals surface area contributed by atoms with Crippen LogP contribution in [0.4, 0.5) is 26.3 Å². The summed E-state index contributed by atoms with van der Waals surface area (Å²) in [4.78, 5) is 11.3. The van der Waals surface area contributed by atoms with Crippen molar-refractivity contribution in [1.82, 2.24) is 0 Å². The molecule has 1 aromatic carbocycles. The lowest BCUT2D eigenvalue weighted by atomic mass is 9.96. The fraction of sp³-hybridized carbons (Fsp3) is 0.462. The van der Waals surface area contributed by atoms with Gasteiger partial charge in [0.15, 0.2) is 0 Å². The van der Waals surface area contributed by atoms with Gasteiger partial charge in [0.2, 0.25) is 0 Å². The number of carbonyl (C=O) groups is 1. The second kappa shape index (κ2) is 6.55. The molecule has 1 aromatic rings. The zero-order valence-electron chi connectivity index (χ0n) is 11.4. The number of rotatable bonds is 4. The molecule has 9 heteroatoms. The van der Waals surface area contributed by atoms with E-state index in [1.54, 1.807) is 0 Å². The third-order valence-electron chi connectivity index (χ3n) is 2.78. The van der Waals surface area contributed by atoms with Crippen LogP contribution in [0.25, 0.3) is 0 Å². The molecule has 0 spiro atoms. The van der Waals surface area contributed by atoms with Crippen molar-refractivity contribution in [2.45, 2.75) is 31.7 Å². The molecular weight excluding hydrogens is 316 g/mol. The average molecular weight is 329 g/mol. The predicted molar refractivity (Wildman–Crippen MR) is 64.6 cm³/mol. The van der Waals surface area contributed by atoms with E-state index in [4.69, 9.17) is 5.73 Å². The van der Waals surface area contributed by atoms with Gasteiger partial charge in [0.1, 0.15) is 0 Å². The van der Waals surface area contributed by atoms with E-state index >= 15 is 0 Å². The first-order valence-corrected chi connectivity index (χ1v) is 6.16. The Labute approximate surface area is 122 Å². The van der Waals surface area contributed by atoms with Crippen LogP contribution < -0.4 is 5.73 Å². The minimum atomic E-state index is -5.02. The zero-order chi connectivity index (χ0) is 17.1. The molecule has 1 atom stereocenters. The highest BCUT2D eigenvalue weighted by Crippen LogP contribution is 2.39. The maximum Gasteiger partial charge on any atom is 0.416 e. The van der Waals surface area contributed by atoms with Gasteiger partial charge < -0.3 is 10.5 Å². The number of carbonyl (C=O) groups excluding carboxylic acids is 1. The molecule has 0 aliphatic carbocycles. The van der Waals surface area contributed by atoms with E-state index < -0.39 is 47.5 Å². The van der Waals surface area contributed by atoms with Crippen molar-refractivity contribution in [2.75, 3.05) is 6.61 Å². The molecule has 1 rings (SSSR count). The lowest BCUT2D eigenvalue weighted by Gasteiger charge is -2.19. The molecule has 2 N–H and O–H groups in total. The van der Waals surface area contributed by atoms with Crippen molar-refractivity contribution < 1.29 is 35.9 Å². The van der Waals surface area contributed by atoms with Gasteiger partial charge in [0.05, 0.1) is 24.2 Å². The third kappa shape index (κ3) is 4.62. The van der Waals surface area contributed by atoms with Crippen molar-refractivity contribution in [3.8, 4) is 0 Å². The summed E-state index contributed by atoms with van der Waals surface area (Å²) < 4.78 is 80.9. The monoisotopic (exact) mass is 329 g/mol. The molecule has 0 aliphatic heterocycles. The molecule has 0 radical (unpaired) electrons.